The Kier molecular flexibility index (Phi) is 2.25. The van der Waals surface area contributed by atoms with Crippen molar-refractivity contribution in [1.29, 1.82) is 0 Å². The summed E-state index contributed by atoms with van der Waals surface area (Å²) >= 11 is 0. The Balaban J connectivity index is 2.43. The summed E-state index contributed by atoms with van der Waals surface area (Å²) in [5.74, 6) is -7.90. The normalized spacial score (nSPS) is 26.5. The SMILES string of the molecule is O=C1OC(c2ccccc2)C(O)(O)C1(O)O. The van der Waals surface area contributed by atoms with E-state index >= 15 is 0 Å². The first kappa shape index (κ1) is 11.0. The van der Waals surface area contributed by atoms with E-state index in [4.69, 9.17) is 0 Å². The lowest BCUT2D eigenvalue weighted by Crippen LogP contribution is -2.55. The smallest absolute Gasteiger partial charge is 0.373 e. The van der Waals surface area contributed by atoms with Crippen LogP contribution in [0.4, 0.5) is 0 Å². The van der Waals surface area contributed by atoms with Gasteiger partial charge in [-0.1, -0.05) is 30.3 Å². The Morgan fingerprint density at radius 3 is 2.06 bits per heavy atom. The quantitative estimate of drug-likeness (QED) is 0.348. The van der Waals surface area contributed by atoms with Gasteiger partial charge in [0.2, 0.25) is 0 Å². The van der Waals surface area contributed by atoms with E-state index < -0.39 is 23.6 Å². The van der Waals surface area contributed by atoms with Crippen molar-refractivity contribution in [2.75, 3.05) is 0 Å². The highest BCUT2D eigenvalue weighted by Gasteiger charge is 2.67. The van der Waals surface area contributed by atoms with E-state index in [0.717, 1.165) is 0 Å². The molecule has 1 aliphatic rings. The van der Waals surface area contributed by atoms with Crippen molar-refractivity contribution in [1.82, 2.24) is 0 Å². The summed E-state index contributed by atoms with van der Waals surface area (Å²) in [5, 5.41) is 37.4. The van der Waals surface area contributed by atoms with Crippen molar-refractivity contribution in [2.45, 2.75) is 17.7 Å². The number of rotatable bonds is 1. The Bertz CT molecular complexity index is 411. The minimum atomic E-state index is -3.33. The maximum atomic E-state index is 11.1. The predicted molar refractivity (Wildman–Crippen MR) is 49.6 cm³/mol. The molecule has 86 valence electrons. The molecule has 0 aliphatic carbocycles. The zero-order chi connectivity index (χ0) is 12.0. The van der Waals surface area contributed by atoms with Gasteiger partial charge in [-0.2, -0.15) is 0 Å². The van der Waals surface area contributed by atoms with Crippen LogP contribution < -0.4 is 0 Å². The van der Waals surface area contributed by atoms with Gasteiger partial charge in [-0.15, -0.1) is 0 Å². The highest BCUT2D eigenvalue weighted by molar-refractivity contribution is 5.81. The lowest BCUT2D eigenvalue weighted by atomic mass is 9.97. The average molecular weight is 226 g/mol. The average Bonchev–Trinajstić information content (AvgIpc) is 2.40. The molecule has 6 nitrogen and oxygen atoms in total. The molecule has 1 heterocycles. The molecule has 16 heavy (non-hydrogen) atoms. The maximum Gasteiger partial charge on any atom is 0.373 e. The van der Waals surface area contributed by atoms with Crippen molar-refractivity contribution in [3.8, 4) is 0 Å². The summed E-state index contributed by atoms with van der Waals surface area (Å²) in [7, 11) is 0. The van der Waals surface area contributed by atoms with Crippen LogP contribution in [0.5, 0.6) is 0 Å². The molecule has 0 saturated carbocycles. The molecule has 4 N–H and O–H groups in total. The fourth-order valence-corrected chi connectivity index (χ4v) is 1.53. The number of aliphatic hydroxyl groups is 4. The van der Waals surface area contributed by atoms with Crippen molar-refractivity contribution in [3.63, 3.8) is 0 Å². The molecule has 1 aromatic rings. The summed E-state index contributed by atoms with van der Waals surface area (Å²) in [5.41, 5.74) is 0.255. The molecular weight excluding hydrogens is 216 g/mol. The summed E-state index contributed by atoms with van der Waals surface area (Å²) in [6, 6.07) is 7.81. The van der Waals surface area contributed by atoms with Crippen LogP contribution in [-0.2, 0) is 9.53 Å². The van der Waals surface area contributed by atoms with Crippen molar-refractivity contribution in [3.05, 3.63) is 35.9 Å². The van der Waals surface area contributed by atoms with Crippen LogP contribution in [0.1, 0.15) is 11.7 Å². The van der Waals surface area contributed by atoms with Crippen LogP contribution >= 0.6 is 0 Å². The summed E-state index contributed by atoms with van der Waals surface area (Å²) in [6.07, 6.45) is -1.53. The third-order valence-electron chi connectivity index (χ3n) is 2.49. The standard InChI is InChI=1S/C10H10O6/c11-8-10(14,15)9(12,13)7(16-8)6-4-2-1-3-5-6/h1-5,7,12-15H. The Morgan fingerprint density at radius 1 is 1.06 bits per heavy atom. The van der Waals surface area contributed by atoms with E-state index in [-0.39, 0.29) is 5.56 Å². The second kappa shape index (κ2) is 3.26. The third kappa shape index (κ3) is 1.32. The van der Waals surface area contributed by atoms with Gasteiger partial charge in [0.15, 0.2) is 6.10 Å². The van der Waals surface area contributed by atoms with Crippen LogP contribution in [-0.4, -0.2) is 38.0 Å². The molecule has 1 atom stereocenters. The Morgan fingerprint density at radius 2 is 1.62 bits per heavy atom. The highest BCUT2D eigenvalue weighted by Crippen LogP contribution is 2.41. The molecule has 2 rings (SSSR count). The number of hydrogen-bond donors (Lipinski definition) is 4. The van der Waals surface area contributed by atoms with Crippen LogP contribution in [0.15, 0.2) is 30.3 Å². The summed E-state index contributed by atoms with van der Waals surface area (Å²) in [6.45, 7) is 0. The van der Waals surface area contributed by atoms with Crippen LogP contribution in [0, 0.1) is 0 Å². The van der Waals surface area contributed by atoms with E-state index in [9.17, 15) is 25.2 Å². The zero-order valence-corrected chi connectivity index (χ0v) is 8.07. The lowest BCUT2D eigenvalue weighted by Gasteiger charge is -2.27. The fraction of sp³-hybridized carbons (Fsp3) is 0.300. The van der Waals surface area contributed by atoms with Crippen molar-refractivity contribution >= 4 is 5.97 Å². The summed E-state index contributed by atoms with van der Waals surface area (Å²) in [4.78, 5) is 11.1. The number of hydrogen-bond acceptors (Lipinski definition) is 6. The molecule has 6 heteroatoms. The van der Waals surface area contributed by atoms with Gasteiger partial charge in [-0.05, 0) is 5.56 Å². The van der Waals surface area contributed by atoms with Gasteiger partial charge in [0.1, 0.15) is 0 Å². The van der Waals surface area contributed by atoms with E-state index in [1.807, 2.05) is 0 Å². The number of ether oxygens (including phenoxy) is 1. The van der Waals surface area contributed by atoms with Gasteiger partial charge in [-0.3, -0.25) is 0 Å². The van der Waals surface area contributed by atoms with Crippen LogP contribution in [0.2, 0.25) is 0 Å². The number of esters is 1. The Hall–Kier alpha value is -1.47. The van der Waals surface area contributed by atoms with E-state index in [0.29, 0.717) is 0 Å². The third-order valence-corrected chi connectivity index (χ3v) is 2.49. The van der Waals surface area contributed by atoms with E-state index in [1.165, 1.54) is 12.1 Å². The topological polar surface area (TPSA) is 107 Å². The zero-order valence-electron chi connectivity index (χ0n) is 8.07. The molecule has 1 unspecified atom stereocenters. The minimum Gasteiger partial charge on any atom is -0.447 e. The molecule has 1 aliphatic heterocycles. The Labute approximate surface area is 90.3 Å². The number of carbonyl (C=O) groups is 1. The second-order valence-electron chi connectivity index (χ2n) is 3.59. The molecular formula is C10H10O6. The van der Waals surface area contributed by atoms with Crippen LogP contribution in [0.25, 0.3) is 0 Å². The summed E-state index contributed by atoms with van der Waals surface area (Å²) < 4.78 is 4.54. The first-order chi connectivity index (χ1) is 7.37. The van der Waals surface area contributed by atoms with Gasteiger partial charge in [0, 0.05) is 0 Å². The number of benzene rings is 1. The molecule has 1 fully saturated rings. The predicted octanol–water partition coefficient (Wildman–Crippen LogP) is -1.35. The first-order valence-electron chi connectivity index (χ1n) is 4.53. The van der Waals surface area contributed by atoms with Gasteiger partial charge >= 0.3 is 11.8 Å². The fourth-order valence-electron chi connectivity index (χ4n) is 1.53. The van der Waals surface area contributed by atoms with Gasteiger partial charge in [0.25, 0.3) is 5.79 Å². The molecule has 1 aromatic carbocycles. The maximum absolute atomic E-state index is 11.1. The van der Waals surface area contributed by atoms with E-state index in [2.05, 4.69) is 4.74 Å². The molecule has 0 bridgehead atoms. The molecule has 0 aromatic heterocycles. The van der Waals surface area contributed by atoms with Gasteiger partial charge in [-0.25, -0.2) is 4.79 Å². The van der Waals surface area contributed by atoms with Crippen LogP contribution in [0.3, 0.4) is 0 Å². The monoisotopic (exact) mass is 226 g/mol. The molecule has 0 spiro atoms. The first-order valence-corrected chi connectivity index (χ1v) is 4.53. The van der Waals surface area contributed by atoms with Crippen molar-refractivity contribution in [2.24, 2.45) is 0 Å². The number of carbonyl (C=O) groups excluding carboxylic acids is 1. The molecule has 0 radical (unpaired) electrons. The largest absolute Gasteiger partial charge is 0.447 e. The minimum absolute atomic E-state index is 0.255. The van der Waals surface area contributed by atoms with Gasteiger partial charge in [0.05, 0.1) is 0 Å². The second-order valence-corrected chi connectivity index (χ2v) is 3.59. The molecule has 1 saturated heterocycles. The van der Waals surface area contributed by atoms with Gasteiger partial charge < -0.3 is 25.2 Å². The lowest BCUT2D eigenvalue weighted by molar-refractivity contribution is -0.333. The number of cyclic esters (lactones) is 1. The van der Waals surface area contributed by atoms with E-state index in [1.54, 1.807) is 18.2 Å². The van der Waals surface area contributed by atoms with Crippen molar-refractivity contribution < 1.29 is 30.0 Å². The molecule has 0 amide bonds. The highest BCUT2D eigenvalue weighted by atomic mass is 16.7.